The summed E-state index contributed by atoms with van der Waals surface area (Å²) in [6.07, 6.45) is 0.505. The molecule has 108 valence electrons. The minimum absolute atomic E-state index is 0.0390. The van der Waals surface area contributed by atoms with Gasteiger partial charge in [0, 0.05) is 22.4 Å². The fraction of sp³-hybridized carbons (Fsp3) is 0.571. The number of aliphatic hydroxyl groups is 1. The molecule has 0 heterocycles. The molecule has 1 rings (SSSR count). The monoisotopic (exact) mass is 347 g/mol. The van der Waals surface area contributed by atoms with Gasteiger partial charge in [0.05, 0.1) is 5.54 Å². The van der Waals surface area contributed by atoms with Crippen LogP contribution in [0.1, 0.15) is 39.7 Å². The standard InChI is InChI=1S/C14H22BrNO2S/c1-13(2,3)19(18)16-14(4,8-9-17)11-6-5-7-12(15)10-11/h5-7,10,16-17H,8-9H2,1-4H3/t14-,19?/m0/s1. The molecule has 2 N–H and O–H groups in total. The van der Waals surface area contributed by atoms with Crippen molar-refractivity contribution in [3.05, 3.63) is 34.3 Å². The molecule has 1 unspecified atom stereocenters. The van der Waals surface area contributed by atoms with Gasteiger partial charge in [-0.25, -0.2) is 0 Å². The zero-order chi connectivity index (χ0) is 14.7. The minimum Gasteiger partial charge on any atom is -0.598 e. The van der Waals surface area contributed by atoms with Gasteiger partial charge in [-0.05, 0) is 51.8 Å². The maximum absolute atomic E-state index is 12.3. The second-order valence-corrected chi connectivity index (χ2v) is 8.68. The Labute approximate surface area is 127 Å². The third-order valence-electron chi connectivity index (χ3n) is 2.95. The SMILES string of the molecule is CC(C)(C)[S+]([O-])N[C@@](C)(CCO)c1cccc(Br)c1. The van der Waals surface area contributed by atoms with Gasteiger partial charge in [-0.15, -0.1) is 4.72 Å². The van der Waals surface area contributed by atoms with Crippen molar-refractivity contribution < 1.29 is 9.66 Å². The normalized spacial score (nSPS) is 17.0. The van der Waals surface area contributed by atoms with Gasteiger partial charge in [0.25, 0.3) is 0 Å². The smallest absolute Gasteiger partial charge is 0.136 e. The molecule has 0 aliphatic heterocycles. The third-order valence-corrected chi connectivity index (χ3v) is 5.19. The first-order valence-corrected chi connectivity index (χ1v) is 8.20. The van der Waals surface area contributed by atoms with Crippen LogP contribution in [0.25, 0.3) is 0 Å². The van der Waals surface area contributed by atoms with E-state index in [0.29, 0.717) is 6.42 Å². The van der Waals surface area contributed by atoms with E-state index in [-0.39, 0.29) is 11.4 Å². The van der Waals surface area contributed by atoms with Gasteiger partial charge in [0.15, 0.2) is 0 Å². The highest BCUT2D eigenvalue weighted by Crippen LogP contribution is 2.29. The van der Waals surface area contributed by atoms with E-state index in [0.717, 1.165) is 10.0 Å². The fourth-order valence-corrected chi connectivity index (χ4v) is 3.00. The highest BCUT2D eigenvalue weighted by molar-refractivity contribution is 9.10. The highest BCUT2D eigenvalue weighted by Gasteiger charge is 2.36. The average molecular weight is 348 g/mol. The molecule has 0 bridgehead atoms. The molecule has 1 aromatic carbocycles. The van der Waals surface area contributed by atoms with Crippen LogP contribution in [0.3, 0.4) is 0 Å². The number of nitrogens with one attached hydrogen (secondary N) is 1. The molecule has 0 radical (unpaired) electrons. The first-order chi connectivity index (χ1) is 8.69. The van der Waals surface area contributed by atoms with Gasteiger partial charge in [-0.3, -0.25) is 0 Å². The lowest BCUT2D eigenvalue weighted by Crippen LogP contribution is -2.50. The Morgan fingerprint density at radius 3 is 2.42 bits per heavy atom. The molecular weight excluding hydrogens is 326 g/mol. The quantitative estimate of drug-likeness (QED) is 0.804. The summed E-state index contributed by atoms with van der Waals surface area (Å²) in [6, 6.07) is 7.86. The molecule has 0 aliphatic carbocycles. The summed E-state index contributed by atoms with van der Waals surface area (Å²) in [5.74, 6) is 0. The number of benzene rings is 1. The van der Waals surface area contributed by atoms with Gasteiger partial charge >= 0.3 is 0 Å². The van der Waals surface area contributed by atoms with Gasteiger partial charge in [0.2, 0.25) is 0 Å². The second kappa shape index (κ2) is 6.59. The van der Waals surface area contributed by atoms with Crippen LogP contribution in [0.2, 0.25) is 0 Å². The molecule has 0 aromatic heterocycles. The summed E-state index contributed by atoms with van der Waals surface area (Å²) in [6.45, 7) is 7.79. The molecule has 0 saturated heterocycles. The van der Waals surface area contributed by atoms with Crippen LogP contribution in [-0.2, 0) is 16.9 Å². The number of rotatable bonds is 5. The van der Waals surface area contributed by atoms with E-state index in [1.54, 1.807) is 0 Å². The Morgan fingerprint density at radius 2 is 1.95 bits per heavy atom. The lowest BCUT2D eigenvalue weighted by atomic mass is 9.90. The lowest BCUT2D eigenvalue weighted by molar-refractivity contribution is 0.237. The lowest BCUT2D eigenvalue weighted by Gasteiger charge is -2.35. The van der Waals surface area contributed by atoms with Gasteiger partial charge in [-0.2, -0.15) is 0 Å². The Balaban J connectivity index is 3.03. The summed E-state index contributed by atoms with van der Waals surface area (Å²) in [7, 11) is 0. The van der Waals surface area contributed by atoms with Gasteiger partial charge in [0.1, 0.15) is 4.75 Å². The Morgan fingerprint density at radius 1 is 1.32 bits per heavy atom. The zero-order valence-corrected chi connectivity index (χ0v) is 14.3. The summed E-state index contributed by atoms with van der Waals surface area (Å²) < 4.78 is 16.1. The van der Waals surface area contributed by atoms with Gasteiger partial charge < -0.3 is 9.66 Å². The van der Waals surface area contributed by atoms with E-state index in [9.17, 15) is 9.66 Å². The maximum Gasteiger partial charge on any atom is 0.136 e. The summed E-state index contributed by atoms with van der Waals surface area (Å²) in [5.41, 5.74) is 0.491. The van der Waals surface area contributed by atoms with Crippen LogP contribution in [0.5, 0.6) is 0 Å². The maximum atomic E-state index is 12.3. The Bertz CT molecular complexity index is 422. The molecule has 19 heavy (non-hydrogen) atoms. The molecule has 0 aliphatic rings. The Hall–Kier alpha value is -0.0700. The third kappa shape index (κ3) is 4.76. The van der Waals surface area contributed by atoms with E-state index < -0.39 is 16.9 Å². The summed E-state index contributed by atoms with van der Waals surface area (Å²) in [5, 5.41) is 9.30. The van der Waals surface area contributed by atoms with E-state index in [4.69, 9.17) is 0 Å². The van der Waals surface area contributed by atoms with Crippen molar-refractivity contribution in [2.75, 3.05) is 6.61 Å². The molecule has 0 amide bonds. The number of aliphatic hydroxyl groups excluding tert-OH is 1. The predicted octanol–water partition coefficient (Wildman–Crippen LogP) is 3.10. The molecular formula is C14H22BrNO2S. The van der Waals surface area contributed by atoms with Crippen LogP contribution in [0, 0.1) is 0 Å². The van der Waals surface area contributed by atoms with Crippen molar-refractivity contribution in [2.24, 2.45) is 0 Å². The van der Waals surface area contributed by atoms with Crippen molar-refractivity contribution in [3.8, 4) is 0 Å². The summed E-state index contributed by atoms with van der Waals surface area (Å²) in [4.78, 5) is 0. The van der Waals surface area contributed by atoms with Crippen LogP contribution >= 0.6 is 15.9 Å². The van der Waals surface area contributed by atoms with Crippen LogP contribution in [-0.4, -0.2) is 21.0 Å². The molecule has 0 fully saturated rings. The predicted molar refractivity (Wildman–Crippen MR) is 84.2 cm³/mol. The molecule has 5 heteroatoms. The first kappa shape index (κ1) is 17.0. The Kier molecular flexibility index (Phi) is 5.89. The zero-order valence-electron chi connectivity index (χ0n) is 11.9. The number of hydrogen-bond donors (Lipinski definition) is 2. The van der Waals surface area contributed by atoms with E-state index in [1.807, 2.05) is 52.0 Å². The highest BCUT2D eigenvalue weighted by atomic mass is 79.9. The summed E-state index contributed by atoms with van der Waals surface area (Å²) >= 11 is 2.25. The minimum atomic E-state index is -1.19. The van der Waals surface area contributed by atoms with Crippen molar-refractivity contribution in [1.82, 2.24) is 4.72 Å². The second-order valence-electron chi connectivity index (χ2n) is 5.80. The molecule has 1 aromatic rings. The van der Waals surface area contributed by atoms with E-state index in [1.165, 1.54) is 0 Å². The first-order valence-electron chi connectivity index (χ1n) is 6.26. The molecule has 0 spiro atoms. The van der Waals surface area contributed by atoms with Crippen LogP contribution in [0.15, 0.2) is 28.7 Å². The van der Waals surface area contributed by atoms with Crippen molar-refractivity contribution >= 4 is 27.3 Å². The van der Waals surface area contributed by atoms with Crippen molar-refractivity contribution in [2.45, 2.75) is 44.4 Å². The molecule has 3 nitrogen and oxygen atoms in total. The topological polar surface area (TPSA) is 55.3 Å². The van der Waals surface area contributed by atoms with E-state index in [2.05, 4.69) is 20.7 Å². The largest absolute Gasteiger partial charge is 0.598 e. The molecule has 2 atom stereocenters. The number of halogens is 1. The van der Waals surface area contributed by atoms with Gasteiger partial charge in [-0.1, -0.05) is 28.1 Å². The molecule has 0 saturated carbocycles. The van der Waals surface area contributed by atoms with Crippen LogP contribution in [0.4, 0.5) is 0 Å². The average Bonchev–Trinajstić information content (AvgIpc) is 2.28. The fourth-order valence-electron chi connectivity index (χ4n) is 1.67. The van der Waals surface area contributed by atoms with E-state index >= 15 is 0 Å². The van der Waals surface area contributed by atoms with Crippen LogP contribution < -0.4 is 4.72 Å². The van der Waals surface area contributed by atoms with Crippen molar-refractivity contribution in [3.63, 3.8) is 0 Å². The number of hydrogen-bond acceptors (Lipinski definition) is 3. The van der Waals surface area contributed by atoms with Crippen molar-refractivity contribution in [1.29, 1.82) is 0 Å².